The zero-order valence-electron chi connectivity index (χ0n) is 15.6. The number of carbonyl (C=O) groups is 1. The number of para-hydroxylation sites is 1. The maximum Gasteiger partial charge on any atom is 0.261 e. The smallest absolute Gasteiger partial charge is 0.261 e. The standard InChI is InChI=1S/C16H26N2O.CH4O3S/c1-11(2)18(12(3)4)10-15(19)17-16-13(5)8-7-9-14(16)6;1-5(2,3)4/h7-9,11-12H,10H2,1-6H3,(H,17,19);1H3,(H,2,3,4). The normalized spacial score (nSPS) is 11.5. The summed E-state index contributed by atoms with van der Waals surface area (Å²) in [5, 5.41) is 3.04. The molecule has 138 valence electrons. The molecule has 0 fully saturated rings. The van der Waals surface area contributed by atoms with E-state index in [4.69, 9.17) is 4.55 Å². The van der Waals surface area contributed by atoms with Gasteiger partial charge in [-0.1, -0.05) is 18.2 Å². The van der Waals surface area contributed by atoms with Gasteiger partial charge in [-0.3, -0.25) is 14.2 Å². The molecule has 0 spiro atoms. The lowest BCUT2D eigenvalue weighted by Crippen LogP contribution is -2.42. The number of nitrogens with one attached hydrogen (secondary N) is 1. The number of carbonyl (C=O) groups excluding carboxylic acids is 1. The fourth-order valence-corrected chi connectivity index (χ4v) is 2.32. The molecule has 6 nitrogen and oxygen atoms in total. The molecule has 0 bridgehead atoms. The van der Waals surface area contributed by atoms with Crippen LogP contribution in [-0.2, 0) is 14.9 Å². The van der Waals surface area contributed by atoms with E-state index in [1.807, 2.05) is 32.0 Å². The number of hydrogen-bond acceptors (Lipinski definition) is 4. The number of aryl methyl sites for hydroxylation is 2. The molecular weight excluding hydrogens is 328 g/mol. The van der Waals surface area contributed by atoms with Crippen LogP contribution in [0.2, 0.25) is 0 Å². The van der Waals surface area contributed by atoms with Crippen molar-refractivity contribution in [1.82, 2.24) is 4.90 Å². The van der Waals surface area contributed by atoms with Gasteiger partial charge in [0, 0.05) is 17.8 Å². The number of benzene rings is 1. The topological polar surface area (TPSA) is 86.7 Å². The molecular formula is C17H30N2O4S. The van der Waals surface area contributed by atoms with Gasteiger partial charge in [0.15, 0.2) is 0 Å². The highest BCUT2D eigenvalue weighted by Gasteiger charge is 2.17. The zero-order chi connectivity index (χ0) is 19.1. The molecule has 0 atom stereocenters. The SMILES string of the molecule is CS(=O)(=O)O.Cc1cccc(C)c1NC(=O)CN(C(C)C)C(C)C. The van der Waals surface area contributed by atoms with Crippen molar-refractivity contribution in [1.29, 1.82) is 0 Å². The predicted molar refractivity (Wildman–Crippen MR) is 99.0 cm³/mol. The molecule has 1 aromatic rings. The first-order valence-corrected chi connectivity index (χ1v) is 9.72. The zero-order valence-corrected chi connectivity index (χ0v) is 16.4. The third-order valence-electron chi connectivity index (χ3n) is 3.40. The van der Waals surface area contributed by atoms with Gasteiger partial charge in [-0.15, -0.1) is 0 Å². The Labute approximate surface area is 146 Å². The lowest BCUT2D eigenvalue weighted by atomic mass is 10.1. The Balaban J connectivity index is 0.000000922. The Morgan fingerprint density at radius 2 is 1.50 bits per heavy atom. The second-order valence-corrected chi connectivity index (χ2v) is 7.87. The molecule has 1 amide bonds. The first kappa shape index (κ1) is 22.6. The van der Waals surface area contributed by atoms with Gasteiger partial charge in [-0.2, -0.15) is 8.42 Å². The minimum Gasteiger partial charge on any atom is -0.324 e. The Hall–Kier alpha value is -1.44. The van der Waals surface area contributed by atoms with E-state index < -0.39 is 10.1 Å². The molecule has 0 heterocycles. The quantitative estimate of drug-likeness (QED) is 0.790. The summed E-state index contributed by atoms with van der Waals surface area (Å²) < 4.78 is 25.9. The van der Waals surface area contributed by atoms with E-state index in [0.29, 0.717) is 24.9 Å². The Kier molecular flexibility index (Phi) is 9.17. The number of hydrogen-bond donors (Lipinski definition) is 2. The molecule has 0 saturated carbocycles. The van der Waals surface area contributed by atoms with E-state index in [9.17, 15) is 13.2 Å². The van der Waals surface area contributed by atoms with Crippen molar-refractivity contribution < 1.29 is 17.8 Å². The minimum atomic E-state index is -3.67. The minimum absolute atomic E-state index is 0.0554. The largest absolute Gasteiger partial charge is 0.324 e. The first-order valence-electron chi connectivity index (χ1n) is 7.87. The van der Waals surface area contributed by atoms with E-state index in [-0.39, 0.29) is 5.91 Å². The summed E-state index contributed by atoms with van der Waals surface area (Å²) >= 11 is 0. The lowest BCUT2D eigenvalue weighted by Gasteiger charge is -2.29. The monoisotopic (exact) mass is 358 g/mol. The fraction of sp³-hybridized carbons (Fsp3) is 0.588. The highest BCUT2D eigenvalue weighted by molar-refractivity contribution is 7.85. The van der Waals surface area contributed by atoms with Crippen molar-refractivity contribution in [3.8, 4) is 0 Å². The van der Waals surface area contributed by atoms with Crippen molar-refractivity contribution in [2.75, 3.05) is 18.1 Å². The Morgan fingerprint density at radius 1 is 1.12 bits per heavy atom. The van der Waals surface area contributed by atoms with Crippen molar-refractivity contribution in [2.24, 2.45) is 0 Å². The highest BCUT2D eigenvalue weighted by atomic mass is 32.2. The van der Waals surface area contributed by atoms with Gasteiger partial charge in [-0.05, 0) is 52.7 Å². The number of rotatable bonds is 5. The molecule has 0 unspecified atom stereocenters. The Morgan fingerprint density at radius 3 is 1.83 bits per heavy atom. The lowest BCUT2D eigenvalue weighted by molar-refractivity contribution is -0.118. The average Bonchev–Trinajstić information content (AvgIpc) is 2.38. The van der Waals surface area contributed by atoms with Crippen molar-refractivity contribution >= 4 is 21.7 Å². The first-order chi connectivity index (χ1) is 10.8. The third-order valence-corrected chi connectivity index (χ3v) is 3.40. The van der Waals surface area contributed by atoms with Gasteiger partial charge in [0.1, 0.15) is 0 Å². The van der Waals surface area contributed by atoms with Crippen LogP contribution in [0.15, 0.2) is 18.2 Å². The van der Waals surface area contributed by atoms with E-state index in [2.05, 4.69) is 37.9 Å². The molecule has 7 heteroatoms. The molecule has 0 aliphatic heterocycles. The van der Waals surface area contributed by atoms with Crippen LogP contribution in [0.1, 0.15) is 38.8 Å². The van der Waals surface area contributed by atoms with Gasteiger partial charge in [0.2, 0.25) is 5.91 Å². The summed E-state index contributed by atoms with van der Waals surface area (Å²) in [5.74, 6) is 0.0554. The van der Waals surface area contributed by atoms with E-state index in [1.165, 1.54) is 0 Å². The molecule has 24 heavy (non-hydrogen) atoms. The van der Waals surface area contributed by atoms with Crippen LogP contribution >= 0.6 is 0 Å². The predicted octanol–water partition coefficient (Wildman–Crippen LogP) is 2.86. The highest BCUT2D eigenvalue weighted by Crippen LogP contribution is 2.19. The van der Waals surface area contributed by atoms with Crippen LogP contribution < -0.4 is 5.32 Å². The number of amides is 1. The summed E-state index contributed by atoms with van der Waals surface area (Å²) in [5.41, 5.74) is 3.16. The third kappa shape index (κ3) is 9.64. The second-order valence-electron chi connectivity index (χ2n) is 6.41. The molecule has 1 rings (SSSR count). The summed E-state index contributed by atoms with van der Waals surface area (Å²) in [4.78, 5) is 14.4. The van der Waals surface area contributed by atoms with Crippen LogP contribution in [0.5, 0.6) is 0 Å². The van der Waals surface area contributed by atoms with Crippen LogP contribution in [0.25, 0.3) is 0 Å². The maximum atomic E-state index is 12.2. The van der Waals surface area contributed by atoms with E-state index >= 15 is 0 Å². The Bertz CT molecular complexity index is 604. The molecule has 0 aliphatic rings. The van der Waals surface area contributed by atoms with E-state index in [0.717, 1.165) is 16.8 Å². The molecule has 0 saturated heterocycles. The fourth-order valence-electron chi connectivity index (χ4n) is 2.32. The van der Waals surface area contributed by atoms with Gasteiger partial charge in [0.05, 0.1) is 12.8 Å². The van der Waals surface area contributed by atoms with Gasteiger partial charge >= 0.3 is 0 Å². The van der Waals surface area contributed by atoms with Crippen molar-refractivity contribution in [3.63, 3.8) is 0 Å². The van der Waals surface area contributed by atoms with E-state index in [1.54, 1.807) is 0 Å². The van der Waals surface area contributed by atoms with Crippen LogP contribution in [0.4, 0.5) is 5.69 Å². The molecule has 0 aliphatic carbocycles. The van der Waals surface area contributed by atoms with Crippen molar-refractivity contribution in [3.05, 3.63) is 29.3 Å². The molecule has 0 radical (unpaired) electrons. The van der Waals surface area contributed by atoms with Crippen LogP contribution in [-0.4, -0.2) is 48.7 Å². The van der Waals surface area contributed by atoms with Crippen LogP contribution in [0, 0.1) is 13.8 Å². The van der Waals surface area contributed by atoms with Gasteiger partial charge in [0.25, 0.3) is 10.1 Å². The molecule has 0 aromatic heterocycles. The molecule has 1 aromatic carbocycles. The maximum absolute atomic E-state index is 12.2. The van der Waals surface area contributed by atoms with Gasteiger partial charge in [-0.25, -0.2) is 0 Å². The average molecular weight is 359 g/mol. The summed E-state index contributed by atoms with van der Waals surface area (Å²) in [6.07, 6.45) is 0.715. The number of anilines is 1. The molecule has 2 N–H and O–H groups in total. The summed E-state index contributed by atoms with van der Waals surface area (Å²) in [6, 6.07) is 6.78. The number of nitrogens with zero attached hydrogens (tertiary/aromatic N) is 1. The van der Waals surface area contributed by atoms with Crippen LogP contribution in [0.3, 0.4) is 0 Å². The van der Waals surface area contributed by atoms with Gasteiger partial charge < -0.3 is 5.32 Å². The summed E-state index contributed by atoms with van der Waals surface area (Å²) in [6.45, 7) is 12.9. The van der Waals surface area contributed by atoms with Crippen molar-refractivity contribution in [2.45, 2.75) is 53.6 Å². The second kappa shape index (κ2) is 9.76. The summed E-state index contributed by atoms with van der Waals surface area (Å²) in [7, 11) is -3.67.